The van der Waals surface area contributed by atoms with E-state index in [1.165, 1.54) is 23.7 Å². The van der Waals surface area contributed by atoms with E-state index in [-0.39, 0.29) is 17.6 Å². The molecule has 0 radical (unpaired) electrons. The number of piperidine rings is 1. The Labute approximate surface area is 168 Å². The van der Waals surface area contributed by atoms with E-state index in [0.29, 0.717) is 11.7 Å². The van der Waals surface area contributed by atoms with E-state index >= 15 is 0 Å². The Morgan fingerprint density at radius 2 is 2.15 bits per heavy atom. The van der Waals surface area contributed by atoms with Crippen molar-refractivity contribution in [3.8, 4) is 0 Å². The van der Waals surface area contributed by atoms with Crippen LogP contribution in [0.3, 0.4) is 0 Å². The van der Waals surface area contributed by atoms with Crippen LogP contribution in [0, 0.1) is 12.8 Å². The van der Waals surface area contributed by atoms with Crippen molar-refractivity contribution in [3.05, 3.63) is 28.6 Å². The monoisotopic (exact) mass is 405 g/mol. The number of aryl methyl sites for hydroxylation is 2. The van der Waals surface area contributed by atoms with Crippen LogP contribution in [-0.2, 0) is 16.1 Å². The third-order valence-corrected chi connectivity index (χ3v) is 6.78. The lowest BCUT2D eigenvalue weighted by atomic mass is 10.0. The molecule has 2 amide bonds. The standard InChI is InChI=1S/C20H27N3O2S2/c1-4-23-16-8-7-14(2)10-17(16)27-20(23)21-18(24)12-26-13-19(25)22-9-5-6-15(3)11-22/h7-8,10,15H,4-6,9,11-13H2,1-3H3/t15-/m0/s1. The van der Waals surface area contributed by atoms with E-state index in [1.807, 2.05) is 4.90 Å². The average Bonchev–Trinajstić information content (AvgIpc) is 2.97. The molecular weight excluding hydrogens is 378 g/mol. The van der Waals surface area contributed by atoms with Gasteiger partial charge in [0.05, 0.1) is 21.7 Å². The number of nitrogens with zero attached hydrogens (tertiary/aromatic N) is 3. The average molecular weight is 406 g/mol. The summed E-state index contributed by atoms with van der Waals surface area (Å²) in [5, 5.41) is 0. The Hall–Kier alpha value is -1.60. The van der Waals surface area contributed by atoms with Crippen molar-refractivity contribution in [2.75, 3.05) is 24.6 Å². The number of fused-ring (bicyclic) bond motifs is 1. The Morgan fingerprint density at radius 3 is 2.89 bits per heavy atom. The fraction of sp³-hybridized carbons (Fsp3) is 0.550. The molecule has 0 spiro atoms. The van der Waals surface area contributed by atoms with Gasteiger partial charge in [-0.2, -0.15) is 4.99 Å². The molecule has 1 aromatic heterocycles. The second-order valence-electron chi connectivity index (χ2n) is 7.19. The van der Waals surface area contributed by atoms with Crippen LogP contribution < -0.4 is 4.80 Å². The summed E-state index contributed by atoms with van der Waals surface area (Å²) in [6.45, 7) is 8.77. The molecule has 1 saturated heterocycles. The van der Waals surface area contributed by atoms with Gasteiger partial charge in [0.15, 0.2) is 4.80 Å². The summed E-state index contributed by atoms with van der Waals surface area (Å²) in [5.41, 5.74) is 2.31. The number of likely N-dealkylation sites (tertiary alicyclic amines) is 1. The van der Waals surface area contributed by atoms with Gasteiger partial charge in [-0.15, -0.1) is 11.8 Å². The van der Waals surface area contributed by atoms with Crippen LogP contribution in [0.25, 0.3) is 10.2 Å². The molecule has 0 aliphatic carbocycles. The van der Waals surface area contributed by atoms with Gasteiger partial charge in [-0.05, 0) is 50.3 Å². The second-order valence-corrected chi connectivity index (χ2v) is 9.18. The van der Waals surface area contributed by atoms with E-state index < -0.39 is 0 Å². The molecule has 27 heavy (non-hydrogen) atoms. The number of hydrogen-bond acceptors (Lipinski definition) is 4. The van der Waals surface area contributed by atoms with Crippen LogP contribution in [0.2, 0.25) is 0 Å². The van der Waals surface area contributed by atoms with Gasteiger partial charge in [-0.1, -0.05) is 24.3 Å². The lowest BCUT2D eigenvalue weighted by molar-refractivity contribution is -0.130. The Bertz CT molecular complexity index is 900. The maximum absolute atomic E-state index is 12.3. The van der Waals surface area contributed by atoms with Crippen LogP contribution in [0.15, 0.2) is 23.2 Å². The highest BCUT2D eigenvalue weighted by atomic mass is 32.2. The number of carbonyl (C=O) groups excluding carboxylic acids is 2. The van der Waals surface area contributed by atoms with Crippen LogP contribution in [0.1, 0.15) is 32.3 Å². The number of thiazole rings is 1. The first kappa shape index (κ1) is 20.1. The number of thioether (sulfide) groups is 1. The summed E-state index contributed by atoms with van der Waals surface area (Å²) in [5.74, 6) is 1.13. The first-order valence-electron chi connectivity index (χ1n) is 9.51. The SMILES string of the molecule is CCn1c(=NC(=O)CSCC(=O)N2CCC[C@H](C)C2)sc2cc(C)ccc21. The zero-order valence-electron chi connectivity index (χ0n) is 16.2. The highest BCUT2D eigenvalue weighted by molar-refractivity contribution is 8.00. The van der Waals surface area contributed by atoms with Crippen LogP contribution in [-0.4, -0.2) is 45.9 Å². The Morgan fingerprint density at radius 1 is 1.33 bits per heavy atom. The van der Waals surface area contributed by atoms with Gasteiger partial charge in [0, 0.05) is 19.6 Å². The molecule has 0 saturated carbocycles. The summed E-state index contributed by atoms with van der Waals surface area (Å²) in [4.78, 5) is 31.6. The lowest BCUT2D eigenvalue weighted by Gasteiger charge is -2.30. The molecule has 1 aliphatic heterocycles. The smallest absolute Gasteiger partial charge is 0.258 e. The van der Waals surface area contributed by atoms with Crippen molar-refractivity contribution >= 4 is 45.1 Å². The van der Waals surface area contributed by atoms with E-state index in [1.54, 1.807) is 11.3 Å². The summed E-state index contributed by atoms with van der Waals surface area (Å²) < 4.78 is 3.22. The van der Waals surface area contributed by atoms with Crippen molar-refractivity contribution in [1.29, 1.82) is 0 Å². The van der Waals surface area contributed by atoms with Crippen molar-refractivity contribution in [3.63, 3.8) is 0 Å². The van der Waals surface area contributed by atoms with E-state index in [9.17, 15) is 9.59 Å². The fourth-order valence-corrected chi connectivity index (χ4v) is 5.35. The first-order chi connectivity index (χ1) is 13.0. The van der Waals surface area contributed by atoms with Crippen molar-refractivity contribution in [1.82, 2.24) is 9.47 Å². The molecule has 2 heterocycles. The normalized spacial score (nSPS) is 18.3. The Kier molecular flexibility index (Phi) is 6.76. The zero-order chi connectivity index (χ0) is 19.4. The number of aromatic nitrogens is 1. The minimum atomic E-state index is -0.176. The molecule has 7 heteroatoms. The van der Waals surface area contributed by atoms with Gasteiger partial charge in [-0.25, -0.2) is 0 Å². The maximum atomic E-state index is 12.3. The zero-order valence-corrected chi connectivity index (χ0v) is 17.9. The van der Waals surface area contributed by atoms with Gasteiger partial charge in [0.25, 0.3) is 5.91 Å². The minimum absolute atomic E-state index is 0.139. The van der Waals surface area contributed by atoms with Gasteiger partial charge < -0.3 is 9.47 Å². The lowest BCUT2D eigenvalue weighted by Crippen LogP contribution is -2.40. The Balaban J connectivity index is 1.62. The summed E-state index contributed by atoms with van der Waals surface area (Å²) >= 11 is 2.91. The molecular formula is C20H27N3O2S2. The van der Waals surface area contributed by atoms with Gasteiger partial charge in [-0.3, -0.25) is 9.59 Å². The van der Waals surface area contributed by atoms with Crippen molar-refractivity contribution in [2.24, 2.45) is 10.9 Å². The van der Waals surface area contributed by atoms with Gasteiger partial charge in [0.2, 0.25) is 5.91 Å². The molecule has 1 aromatic carbocycles. The third-order valence-electron chi connectivity index (χ3n) is 4.84. The fourth-order valence-electron chi connectivity index (χ4n) is 3.44. The van der Waals surface area contributed by atoms with E-state index in [4.69, 9.17) is 0 Å². The summed E-state index contributed by atoms with van der Waals surface area (Å²) in [6.07, 6.45) is 2.27. The first-order valence-corrected chi connectivity index (χ1v) is 11.5. The minimum Gasteiger partial charge on any atom is -0.342 e. The highest BCUT2D eigenvalue weighted by Crippen LogP contribution is 2.19. The second kappa shape index (κ2) is 9.06. The van der Waals surface area contributed by atoms with Crippen LogP contribution in [0.5, 0.6) is 0 Å². The molecule has 5 nitrogen and oxygen atoms in total. The number of amides is 2. The molecule has 1 fully saturated rings. The van der Waals surface area contributed by atoms with Crippen molar-refractivity contribution < 1.29 is 9.59 Å². The number of hydrogen-bond donors (Lipinski definition) is 0. The maximum Gasteiger partial charge on any atom is 0.258 e. The molecule has 2 aromatic rings. The number of carbonyl (C=O) groups is 2. The molecule has 0 N–H and O–H groups in total. The molecule has 0 unspecified atom stereocenters. The predicted octanol–water partition coefficient (Wildman–Crippen LogP) is 3.45. The van der Waals surface area contributed by atoms with Gasteiger partial charge in [0.1, 0.15) is 0 Å². The molecule has 1 aliphatic rings. The molecule has 0 bridgehead atoms. The molecule has 146 valence electrons. The quantitative estimate of drug-likeness (QED) is 0.766. The van der Waals surface area contributed by atoms with Gasteiger partial charge >= 0.3 is 0 Å². The number of rotatable bonds is 5. The van der Waals surface area contributed by atoms with Crippen LogP contribution in [0.4, 0.5) is 0 Å². The summed E-state index contributed by atoms with van der Waals surface area (Å²) in [6, 6.07) is 6.29. The van der Waals surface area contributed by atoms with Crippen LogP contribution >= 0.6 is 23.1 Å². The van der Waals surface area contributed by atoms with E-state index in [2.05, 4.69) is 48.5 Å². The topological polar surface area (TPSA) is 54.7 Å². The van der Waals surface area contributed by atoms with Crippen molar-refractivity contribution in [2.45, 2.75) is 40.2 Å². The third kappa shape index (κ3) is 5.02. The molecule has 3 rings (SSSR count). The molecule has 1 atom stereocenters. The van der Waals surface area contributed by atoms with E-state index in [0.717, 1.165) is 41.1 Å². The summed E-state index contributed by atoms with van der Waals surface area (Å²) in [7, 11) is 0. The predicted molar refractivity (Wildman–Crippen MR) is 113 cm³/mol. The number of benzene rings is 1. The largest absolute Gasteiger partial charge is 0.342 e. The highest BCUT2D eigenvalue weighted by Gasteiger charge is 2.20.